The SMILES string of the molecule is Nc1nc(F)ccc1C(=O)OCCO. The summed E-state index contributed by atoms with van der Waals surface area (Å²) in [4.78, 5) is 14.4. The van der Waals surface area contributed by atoms with Gasteiger partial charge in [-0.05, 0) is 12.1 Å². The van der Waals surface area contributed by atoms with Gasteiger partial charge in [-0.3, -0.25) is 0 Å². The second kappa shape index (κ2) is 4.52. The Hall–Kier alpha value is -1.69. The number of esters is 1. The van der Waals surface area contributed by atoms with Crippen LogP contribution in [0.3, 0.4) is 0 Å². The van der Waals surface area contributed by atoms with Crippen molar-refractivity contribution in [2.45, 2.75) is 0 Å². The summed E-state index contributed by atoms with van der Waals surface area (Å²) in [5.74, 6) is -1.72. The van der Waals surface area contributed by atoms with E-state index in [-0.39, 0.29) is 24.6 Å². The molecule has 0 fully saturated rings. The Morgan fingerprint density at radius 3 is 2.93 bits per heavy atom. The molecular weight excluding hydrogens is 191 g/mol. The molecule has 0 saturated heterocycles. The summed E-state index contributed by atoms with van der Waals surface area (Å²) < 4.78 is 17.0. The van der Waals surface area contributed by atoms with Gasteiger partial charge >= 0.3 is 5.97 Å². The molecular formula is C8H9FN2O3. The van der Waals surface area contributed by atoms with Crippen molar-refractivity contribution in [3.8, 4) is 0 Å². The van der Waals surface area contributed by atoms with Crippen molar-refractivity contribution in [2.75, 3.05) is 18.9 Å². The van der Waals surface area contributed by atoms with E-state index in [1.165, 1.54) is 6.07 Å². The molecule has 0 radical (unpaired) electrons. The maximum Gasteiger partial charge on any atom is 0.341 e. The topological polar surface area (TPSA) is 85.4 Å². The summed E-state index contributed by atoms with van der Waals surface area (Å²) in [5, 5.41) is 8.39. The van der Waals surface area contributed by atoms with Crippen LogP contribution in [0.15, 0.2) is 12.1 Å². The third kappa shape index (κ3) is 2.40. The summed E-state index contributed by atoms with van der Waals surface area (Å²) in [6.45, 7) is -0.407. The first-order valence-electron chi connectivity index (χ1n) is 3.85. The zero-order valence-electron chi connectivity index (χ0n) is 7.24. The quantitative estimate of drug-likeness (QED) is 0.527. The number of nitrogens with two attached hydrogens (primary N) is 1. The number of aliphatic hydroxyl groups excluding tert-OH is 1. The van der Waals surface area contributed by atoms with Crippen molar-refractivity contribution in [2.24, 2.45) is 0 Å². The lowest BCUT2D eigenvalue weighted by Gasteiger charge is -2.04. The van der Waals surface area contributed by atoms with Gasteiger partial charge in [0.05, 0.1) is 6.61 Å². The van der Waals surface area contributed by atoms with E-state index in [4.69, 9.17) is 10.8 Å². The van der Waals surface area contributed by atoms with Gasteiger partial charge in [-0.1, -0.05) is 0 Å². The lowest BCUT2D eigenvalue weighted by atomic mass is 10.2. The fraction of sp³-hybridized carbons (Fsp3) is 0.250. The predicted octanol–water partition coefficient (Wildman–Crippen LogP) is -0.0480. The van der Waals surface area contributed by atoms with E-state index in [9.17, 15) is 9.18 Å². The smallest absolute Gasteiger partial charge is 0.341 e. The average Bonchev–Trinajstić information content (AvgIpc) is 2.14. The highest BCUT2D eigenvalue weighted by atomic mass is 19.1. The van der Waals surface area contributed by atoms with Gasteiger partial charge in [0.15, 0.2) is 0 Å². The summed E-state index contributed by atoms with van der Waals surface area (Å²) in [5.41, 5.74) is 5.27. The average molecular weight is 200 g/mol. The van der Waals surface area contributed by atoms with Gasteiger partial charge in [-0.15, -0.1) is 0 Å². The number of anilines is 1. The van der Waals surface area contributed by atoms with E-state index in [0.29, 0.717) is 0 Å². The van der Waals surface area contributed by atoms with E-state index >= 15 is 0 Å². The van der Waals surface area contributed by atoms with Gasteiger partial charge in [0.1, 0.15) is 18.0 Å². The minimum atomic E-state index is -0.763. The van der Waals surface area contributed by atoms with Crippen molar-refractivity contribution >= 4 is 11.8 Å². The molecule has 6 heteroatoms. The first-order chi connectivity index (χ1) is 6.65. The molecule has 1 heterocycles. The lowest BCUT2D eigenvalue weighted by molar-refractivity contribution is 0.0434. The molecule has 0 aliphatic rings. The van der Waals surface area contributed by atoms with Crippen LogP contribution >= 0.6 is 0 Å². The van der Waals surface area contributed by atoms with Crippen LogP contribution in [0.2, 0.25) is 0 Å². The highest BCUT2D eigenvalue weighted by Crippen LogP contribution is 2.10. The second-order valence-electron chi connectivity index (χ2n) is 2.43. The number of nitrogens with zero attached hydrogens (tertiary/aromatic N) is 1. The molecule has 0 aliphatic carbocycles. The highest BCUT2D eigenvalue weighted by Gasteiger charge is 2.12. The number of carbonyl (C=O) groups excluding carboxylic acids is 1. The Bertz CT molecular complexity index is 343. The molecule has 0 amide bonds. The van der Waals surface area contributed by atoms with E-state index in [0.717, 1.165) is 6.07 Å². The molecule has 0 unspecified atom stereocenters. The number of ether oxygens (including phenoxy) is 1. The summed E-state index contributed by atoms with van der Waals surface area (Å²) in [6.07, 6.45) is 0. The van der Waals surface area contributed by atoms with Gasteiger partial charge in [0, 0.05) is 0 Å². The van der Waals surface area contributed by atoms with Crippen LogP contribution in [0.1, 0.15) is 10.4 Å². The van der Waals surface area contributed by atoms with Crippen molar-refractivity contribution in [3.63, 3.8) is 0 Å². The third-order valence-electron chi connectivity index (χ3n) is 1.44. The molecule has 5 nitrogen and oxygen atoms in total. The first kappa shape index (κ1) is 10.4. The van der Waals surface area contributed by atoms with Crippen molar-refractivity contribution < 1.29 is 19.0 Å². The summed E-state index contributed by atoms with van der Waals surface area (Å²) in [6, 6.07) is 2.18. The number of rotatable bonds is 3. The Morgan fingerprint density at radius 2 is 2.36 bits per heavy atom. The molecule has 3 N–H and O–H groups in total. The van der Waals surface area contributed by atoms with Crippen molar-refractivity contribution in [1.82, 2.24) is 4.98 Å². The number of hydrogen-bond donors (Lipinski definition) is 2. The fourth-order valence-electron chi connectivity index (χ4n) is 0.839. The molecule has 0 saturated carbocycles. The van der Waals surface area contributed by atoms with E-state index in [1.54, 1.807) is 0 Å². The summed E-state index contributed by atoms with van der Waals surface area (Å²) >= 11 is 0. The zero-order chi connectivity index (χ0) is 10.6. The molecule has 14 heavy (non-hydrogen) atoms. The number of aliphatic hydroxyl groups is 1. The first-order valence-corrected chi connectivity index (χ1v) is 3.85. The van der Waals surface area contributed by atoms with E-state index < -0.39 is 11.9 Å². The van der Waals surface area contributed by atoms with E-state index in [2.05, 4.69) is 9.72 Å². The Kier molecular flexibility index (Phi) is 3.35. The zero-order valence-corrected chi connectivity index (χ0v) is 7.24. The minimum absolute atomic E-state index is 0.0140. The van der Waals surface area contributed by atoms with Gasteiger partial charge in [-0.25, -0.2) is 9.78 Å². The van der Waals surface area contributed by atoms with Crippen LogP contribution in [0.5, 0.6) is 0 Å². The normalized spacial score (nSPS) is 9.86. The van der Waals surface area contributed by atoms with Crippen LogP contribution in [0, 0.1) is 5.95 Å². The molecule has 0 aromatic carbocycles. The highest BCUT2D eigenvalue weighted by molar-refractivity contribution is 5.93. The van der Waals surface area contributed by atoms with E-state index in [1.807, 2.05) is 0 Å². The van der Waals surface area contributed by atoms with Crippen molar-refractivity contribution in [3.05, 3.63) is 23.6 Å². The van der Waals surface area contributed by atoms with Gasteiger partial charge in [0.25, 0.3) is 0 Å². The largest absolute Gasteiger partial charge is 0.460 e. The van der Waals surface area contributed by atoms with Crippen LogP contribution < -0.4 is 5.73 Å². The number of aromatic nitrogens is 1. The Labute approximate surface area is 79.3 Å². The molecule has 0 aliphatic heterocycles. The number of halogens is 1. The number of pyridine rings is 1. The lowest BCUT2D eigenvalue weighted by Crippen LogP contribution is -2.12. The standard InChI is InChI=1S/C8H9FN2O3/c9-6-2-1-5(7(10)11-6)8(13)14-4-3-12/h1-2,12H,3-4H2,(H2,10,11). The van der Waals surface area contributed by atoms with Crippen LogP contribution in [0.25, 0.3) is 0 Å². The molecule has 0 bridgehead atoms. The monoisotopic (exact) mass is 200 g/mol. The Morgan fingerprint density at radius 1 is 1.64 bits per heavy atom. The van der Waals surface area contributed by atoms with Crippen molar-refractivity contribution in [1.29, 1.82) is 0 Å². The van der Waals surface area contributed by atoms with Crippen LogP contribution in [-0.2, 0) is 4.74 Å². The fourth-order valence-corrected chi connectivity index (χ4v) is 0.839. The maximum absolute atomic E-state index is 12.5. The Balaban J connectivity index is 2.80. The third-order valence-corrected chi connectivity index (χ3v) is 1.44. The molecule has 76 valence electrons. The maximum atomic E-state index is 12.5. The van der Waals surface area contributed by atoms with Gasteiger partial charge in [0.2, 0.25) is 5.95 Å². The van der Waals surface area contributed by atoms with Gasteiger partial charge in [-0.2, -0.15) is 4.39 Å². The second-order valence-corrected chi connectivity index (χ2v) is 2.43. The minimum Gasteiger partial charge on any atom is -0.460 e. The molecule has 0 atom stereocenters. The number of carbonyl (C=O) groups is 1. The van der Waals surface area contributed by atoms with Crippen LogP contribution in [-0.4, -0.2) is 29.3 Å². The predicted molar refractivity (Wildman–Crippen MR) is 46.0 cm³/mol. The summed E-state index contributed by atoms with van der Waals surface area (Å²) in [7, 11) is 0. The molecule has 1 aromatic heterocycles. The molecule has 1 rings (SSSR count). The number of hydrogen-bond acceptors (Lipinski definition) is 5. The van der Waals surface area contributed by atoms with Gasteiger partial charge < -0.3 is 15.6 Å². The molecule has 0 spiro atoms. The molecule has 1 aromatic rings. The number of nitrogen functional groups attached to an aromatic ring is 1. The van der Waals surface area contributed by atoms with Crippen LogP contribution in [0.4, 0.5) is 10.2 Å².